The lowest BCUT2D eigenvalue weighted by Gasteiger charge is -2.20. The Kier molecular flexibility index (Phi) is 2.86. The van der Waals surface area contributed by atoms with Crippen LogP contribution in [0.4, 0.5) is 0 Å². The first-order chi connectivity index (χ1) is 6.92. The standard InChI is InChI=1S/C10H13NO3/c11-14-5-4-8-2-1-3-9-10(8)13-7-6-12-9/h1-3H,4-7,11H2. The predicted octanol–water partition coefficient (Wildman–Crippen LogP) is 0.891. The minimum absolute atomic E-state index is 0.486. The first-order valence-corrected chi connectivity index (χ1v) is 4.61. The van der Waals surface area contributed by atoms with Crippen molar-refractivity contribution in [3.63, 3.8) is 0 Å². The highest BCUT2D eigenvalue weighted by molar-refractivity contribution is 5.47. The van der Waals surface area contributed by atoms with E-state index in [9.17, 15) is 0 Å². The zero-order valence-electron chi connectivity index (χ0n) is 7.86. The normalized spacial score (nSPS) is 14.1. The van der Waals surface area contributed by atoms with Crippen LogP contribution in [0.3, 0.4) is 0 Å². The van der Waals surface area contributed by atoms with Gasteiger partial charge in [0, 0.05) is 12.0 Å². The molecule has 1 aliphatic heterocycles. The molecule has 0 atom stereocenters. The van der Waals surface area contributed by atoms with Gasteiger partial charge in [0.1, 0.15) is 13.2 Å². The van der Waals surface area contributed by atoms with Crippen molar-refractivity contribution in [2.24, 2.45) is 5.90 Å². The van der Waals surface area contributed by atoms with Crippen LogP contribution >= 0.6 is 0 Å². The molecule has 4 heteroatoms. The van der Waals surface area contributed by atoms with Crippen LogP contribution in [-0.4, -0.2) is 19.8 Å². The van der Waals surface area contributed by atoms with E-state index in [0.717, 1.165) is 23.5 Å². The molecule has 0 spiro atoms. The van der Waals surface area contributed by atoms with Gasteiger partial charge in [-0.3, -0.25) is 0 Å². The van der Waals surface area contributed by atoms with Gasteiger partial charge in [-0.15, -0.1) is 0 Å². The molecule has 14 heavy (non-hydrogen) atoms. The van der Waals surface area contributed by atoms with Gasteiger partial charge in [-0.25, -0.2) is 5.90 Å². The van der Waals surface area contributed by atoms with Crippen molar-refractivity contribution >= 4 is 0 Å². The van der Waals surface area contributed by atoms with Gasteiger partial charge in [-0.1, -0.05) is 12.1 Å². The molecule has 76 valence electrons. The molecule has 0 saturated carbocycles. The number of rotatable bonds is 3. The number of para-hydroxylation sites is 1. The zero-order valence-corrected chi connectivity index (χ0v) is 7.86. The SMILES string of the molecule is NOCCc1cccc2c1OCCO2. The van der Waals surface area contributed by atoms with Gasteiger partial charge < -0.3 is 14.3 Å². The minimum atomic E-state index is 0.486. The van der Waals surface area contributed by atoms with E-state index in [1.165, 1.54) is 0 Å². The average molecular weight is 195 g/mol. The highest BCUT2D eigenvalue weighted by Crippen LogP contribution is 2.33. The van der Waals surface area contributed by atoms with Gasteiger partial charge in [-0.2, -0.15) is 0 Å². The Morgan fingerprint density at radius 3 is 3.00 bits per heavy atom. The molecule has 2 N–H and O–H groups in total. The lowest BCUT2D eigenvalue weighted by Crippen LogP contribution is -2.17. The molecule has 1 aromatic rings. The first kappa shape index (κ1) is 9.30. The molecule has 1 heterocycles. The number of hydrogen-bond donors (Lipinski definition) is 1. The van der Waals surface area contributed by atoms with Gasteiger partial charge in [0.15, 0.2) is 11.5 Å². The van der Waals surface area contributed by atoms with Crippen LogP contribution in [0.5, 0.6) is 11.5 Å². The molecule has 0 aromatic heterocycles. The molecule has 1 aromatic carbocycles. The number of benzene rings is 1. The Balaban J connectivity index is 2.21. The quantitative estimate of drug-likeness (QED) is 0.728. The van der Waals surface area contributed by atoms with Crippen molar-refractivity contribution in [3.05, 3.63) is 23.8 Å². The topological polar surface area (TPSA) is 53.7 Å². The summed E-state index contributed by atoms with van der Waals surface area (Å²) in [6.07, 6.45) is 0.739. The van der Waals surface area contributed by atoms with E-state index in [-0.39, 0.29) is 0 Å². The van der Waals surface area contributed by atoms with E-state index in [1.54, 1.807) is 0 Å². The van der Waals surface area contributed by atoms with E-state index in [0.29, 0.717) is 19.8 Å². The summed E-state index contributed by atoms with van der Waals surface area (Å²) >= 11 is 0. The first-order valence-electron chi connectivity index (χ1n) is 4.61. The van der Waals surface area contributed by atoms with Gasteiger partial charge >= 0.3 is 0 Å². The Bertz CT molecular complexity index is 314. The monoisotopic (exact) mass is 195 g/mol. The lowest BCUT2D eigenvalue weighted by atomic mass is 10.1. The summed E-state index contributed by atoms with van der Waals surface area (Å²) in [6.45, 7) is 1.71. The number of nitrogens with two attached hydrogens (primary N) is 1. The molecule has 4 nitrogen and oxygen atoms in total. The second-order valence-electron chi connectivity index (χ2n) is 3.06. The highest BCUT2D eigenvalue weighted by Gasteiger charge is 2.14. The second kappa shape index (κ2) is 4.30. The van der Waals surface area contributed by atoms with Crippen LogP contribution in [0.25, 0.3) is 0 Å². The smallest absolute Gasteiger partial charge is 0.164 e. The molecule has 1 aliphatic rings. The van der Waals surface area contributed by atoms with Crippen LogP contribution in [0.2, 0.25) is 0 Å². The number of hydrogen-bond acceptors (Lipinski definition) is 4. The summed E-state index contributed by atoms with van der Waals surface area (Å²) in [6, 6.07) is 5.84. The van der Waals surface area contributed by atoms with E-state index in [2.05, 4.69) is 4.84 Å². The maximum Gasteiger partial charge on any atom is 0.164 e. The van der Waals surface area contributed by atoms with Crippen molar-refractivity contribution in [2.75, 3.05) is 19.8 Å². The van der Waals surface area contributed by atoms with Crippen molar-refractivity contribution < 1.29 is 14.3 Å². The maximum absolute atomic E-state index is 5.53. The third kappa shape index (κ3) is 1.81. The van der Waals surface area contributed by atoms with Crippen LogP contribution in [0.15, 0.2) is 18.2 Å². The molecule has 0 aliphatic carbocycles. The van der Waals surface area contributed by atoms with E-state index in [4.69, 9.17) is 15.4 Å². The summed E-state index contributed by atoms with van der Waals surface area (Å²) in [7, 11) is 0. The molecule has 0 bridgehead atoms. The highest BCUT2D eigenvalue weighted by atomic mass is 16.6. The van der Waals surface area contributed by atoms with Gasteiger partial charge in [0.25, 0.3) is 0 Å². The van der Waals surface area contributed by atoms with Gasteiger partial charge in [0.2, 0.25) is 0 Å². The Hall–Kier alpha value is -1.26. The van der Waals surface area contributed by atoms with E-state index in [1.807, 2.05) is 18.2 Å². The molecular formula is C10H13NO3. The Morgan fingerprint density at radius 1 is 1.29 bits per heavy atom. The van der Waals surface area contributed by atoms with Crippen molar-refractivity contribution in [2.45, 2.75) is 6.42 Å². The molecule has 2 rings (SSSR count). The minimum Gasteiger partial charge on any atom is -0.486 e. The third-order valence-electron chi connectivity index (χ3n) is 2.14. The molecule has 0 amide bonds. The average Bonchev–Trinajstić information content (AvgIpc) is 2.26. The fraction of sp³-hybridized carbons (Fsp3) is 0.400. The molecule has 0 saturated heterocycles. The van der Waals surface area contributed by atoms with Crippen molar-refractivity contribution in [3.8, 4) is 11.5 Å². The van der Waals surface area contributed by atoms with E-state index < -0.39 is 0 Å². The number of fused-ring (bicyclic) bond motifs is 1. The summed E-state index contributed by atoms with van der Waals surface area (Å²) in [4.78, 5) is 4.54. The summed E-state index contributed by atoms with van der Waals surface area (Å²) < 4.78 is 11.0. The lowest BCUT2D eigenvalue weighted by molar-refractivity contribution is 0.138. The Labute approximate surface area is 82.5 Å². The fourth-order valence-electron chi connectivity index (χ4n) is 1.50. The van der Waals surface area contributed by atoms with Gasteiger partial charge in [-0.05, 0) is 6.07 Å². The molecule has 0 radical (unpaired) electrons. The second-order valence-corrected chi connectivity index (χ2v) is 3.06. The maximum atomic E-state index is 5.53. The summed E-state index contributed by atoms with van der Waals surface area (Å²) in [5, 5.41) is 0. The predicted molar refractivity (Wildman–Crippen MR) is 51.3 cm³/mol. The van der Waals surface area contributed by atoms with Crippen LogP contribution in [0, 0.1) is 0 Å². The zero-order chi connectivity index (χ0) is 9.80. The largest absolute Gasteiger partial charge is 0.486 e. The van der Waals surface area contributed by atoms with Gasteiger partial charge in [0.05, 0.1) is 6.61 Å². The fourth-order valence-corrected chi connectivity index (χ4v) is 1.50. The molecule has 0 fully saturated rings. The van der Waals surface area contributed by atoms with Crippen molar-refractivity contribution in [1.82, 2.24) is 0 Å². The van der Waals surface area contributed by atoms with Crippen LogP contribution in [0.1, 0.15) is 5.56 Å². The molecular weight excluding hydrogens is 182 g/mol. The van der Waals surface area contributed by atoms with Crippen molar-refractivity contribution in [1.29, 1.82) is 0 Å². The van der Waals surface area contributed by atoms with Crippen LogP contribution < -0.4 is 15.4 Å². The van der Waals surface area contributed by atoms with E-state index >= 15 is 0 Å². The Morgan fingerprint density at radius 2 is 2.14 bits per heavy atom. The summed E-state index contributed by atoms with van der Waals surface area (Å²) in [5.74, 6) is 6.62. The van der Waals surface area contributed by atoms with Crippen LogP contribution in [-0.2, 0) is 11.3 Å². The number of ether oxygens (including phenoxy) is 2. The summed E-state index contributed by atoms with van der Waals surface area (Å²) in [5.41, 5.74) is 1.08. The molecule has 0 unspecified atom stereocenters. The third-order valence-corrected chi connectivity index (χ3v) is 2.14.